The van der Waals surface area contributed by atoms with Crippen molar-refractivity contribution in [1.82, 2.24) is 24.3 Å². The van der Waals surface area contributed by atoms with Crippen LogP contribution in [-0.4, -0.2) is 24.3 Å². The second-order valence-corrected chi connectivity index (χ2v) is 9.48. The van der Waals surface area contributed by atoms with E-state index >= 15 is 0 Å². The van der Waals surface area contributed by atoms with Gasteiger partial charge in [-0.05, 0) is 45.2 Å². The van der Waals surface area contributed by atoms with Crippen molar-refractivity contribution in [2.75, 3.05) is 0 Å². The van der Waals surface area contributed by atoms with Gasteiger partial charge in [0.15, 0.2) is 0 Å². The van der Waals surface area contributed by atoms with Crippen LogP contribution in [-0.2, 0) is 19.4 Å². The molecule has 0 N–H and O–H groups in total. The molecule has 160 valence electrons. The molecule has 4 aromatic rings. The van der Waals surface area contributed by atoms with Crippen molar-refractivity contribution in [3.63, 3.8) is 0 Å². The normalized spacial score (nSPS) is 14.9. The van der Waals surface area contributed by atoms with Gasteiger partial charge < -0.3 is 9.13 Å². The summed E-state index contributed by atoms with van der Waals surface area (Å²) in [7, 11) is 0. The first-order valence-electron chi connectivity index (χ1n) is 11.2. The summed E-state index contributed by atoms with van der Waals surface area (Å²) in [6, 6.07) is 13.3. The maximum Gasteiger partial charge on any atom is 0.139 e. The maximum absolute atomic E-state index is 5.00. The van der Waals surface area contributed by atoms with Crippen molar-refractivity contribution < 1.29 is 0 Å². The van der Waals surface area contributed by atoms with E-state index in [0.29, 0.717) is 6.04 Å². The fourth-order valence-corrected chi connectivity index (χ4v) is 5.63. The number of aryl methyl sites for hydroxylation is 2. The molecule has 0 saturated heterocycles. The third-order valence-electron chi connectivity index (χ3n) is 6.48. The third-order valence-corrected chi connectivity index (χ3v) is 7.33. The number of fused-ring (bicyclic) bond motifs is 1. The fourth-order valence-electron chi connectivity index (χ4n) is 4.84. The summed E-state index contributed by atoms with van der Waals surface area (Å²) < 4.78 is 4.74. The Kier molecular flexibility index (Phi) is 5.48. The van der Waals surface area contributed by atoms with Crippen LogP contribution in [0, 0.1) is 13.8 Å². The zero-order valence-corrected chi connectivity index (χ0v) is 19.3. The molecule has 0 radical (unpaired) electrons. The molecule has 5 rings (SSSR count). The van der Waals surface area contributed by atoms with Crippen molar-refractivity contribution in [3.05, 3.63) is 75.4 Å². The Morgan fingerprint density at radius 3 is 2.74 bits per heavy atom. The van der Waals surface area contributed by atoms with E-state index in [9.17, 15) is 0 Å². The molecule has 1 aliphatic heterocycles. The summed E-state index contributed by atoms with van der Waals surface area (Å²) in [5.74, 6) is 2.20. The number of hydrogen-bond acceptors (Lipinski definition) is 4. The molecule has 4 heterocycles. The van der Waals surface area contributed by atoms with Crippen molar-refractivity contribution >= 4 is 11.3 Å². The molecule has 1 aromatic carbocycles. The lowest BCUT2D eigenvalue weighted by atomic mass is 10.1. The minimum atomic E-state index is 0.291. The number of thiazole rings is 1. The van der Waals surface area contributed by atoms with Gasteiger partial charge in [0.1, 0.15) is 16.7 Å². The van der Waals surface area contributed by atoms with Gasteiger partial charge in [-0.15, -0.1) is 21.5 Å². The molecular formula is C25H29N5S. The van der Waals surface area contributed by atoms with Gasteiger partial charge in [0.2, 0.25) is 0 Å². The molecule has 0 amide bonds. The van der Waals surface area contributed by atoms with Crippen molar-refractivity contribution in [2.45, 2.75) is 65.5 Å². The van der Waals surface area contributed by atoms with Crippen LogP contribution in [0.5, 0.6) is 0 Å². The molecule has 0 spiro atoms. The summed E-state index contributed by atoms with van der Waals surface area (Å²) in [5, 5.41) is 12.2. The Labute approximate surface area is 187 Å². The average Bonchev–Trinajstić information content (AvgIpc) is 3.42. The van der Waals surface area contributed by atoms with Gasteiger partial charge in [0, 0.05) is 35.3 Å². The van der Waals surface area contributed by atoms with Crippen molar-refractivity contribution in [2.24, 2.45) is 0 Å². The highest BCUT2D eigenvalue weighted by Crippen LogP contribution is 2.32. The van der Waals surface area contributed by atoms with Crippen LogP contribution >= 0.6 is 11.3 Å². The Hall–Kier alpha value is -2.73. The minimum Gasteiger partial charge on any atom is -0.341 e. The van der Waals surface area contributed by atoms with Gasteiger partial charge in [0.25, 0.3) is 0 Å². The van der Waals surface area contributed by atoms with E-state index in [1.807, 2.05) is 0 Å². The molecule has 0 bridgehead atoms. The quantitative estimate of drug-likeness (QED) is 0.404. The maximum atomic E-state index is 5.00. The largest absolute Gasteiger partial charge is 0.341 e. The van der Waals surface area contributed by atoms with Crippen LogP contribution in [0.1, 0.15) is 65.8 Å². The van der Waals surface area contributed by atoms with Crippen LogP contribution in [0.2, 0.25) is 0 Å². The SMILES string of the molecule is Cc1cc(-c2csc(Cc3nnc4n3CCCCC4)n2)c(C)n1[C@@H](C)c1ccccc1. The molecule has 3 aromatic heterocycles. The van der Waals surface area contributed by atoms with Crippen molar-refractivity contribution in [1.29, 1.82) is 0 Å². The highest BCUT2D eigenvalue weighted by molar-refractivity contribution is 7.10. The van der Waals surface area contributed by atoms with Crippen LogP contribution in [0.4, 0.5) is 0 Å². The fraction of sp³-hybridized carbons (Fsp3) is 0.400. The lowest BCUT2D eigenvalue weighted by molar-refractivity contribution is 0.610. The van der Waals surface area contributed by atoms with E-state index in [4.69, 9.17) is 4.98 Å². The first-order chi connectivity index (χ1) is 15.1. The van der Waals surface area contributed by atoms with E-state index < -0.39 is 0 Å². The molecule has 5 nitrogen and oxygen atoms in total. The molecule has 0 aliphatic carbocycles. The highest BCUT2D eigenvalue weighted by atomic mass is 32.1. The number of aromatic nitrogens is 5. The second kappa shape index (κ2) is 8.42. The van der Waals surface area contributed by atoms with E-state index in [1.54, 1.807) is 11.3 Å². The van der Waals surface area contributed by atoms with Gasteiger partial charge in [0.05, 0.1) is 18.2 Å². The number of rotatable bonds is 5. The standard InChI is InChI=1S/C25H29N5S/c1-17-14-21(19(3)30(17)18(2)20-10-6-4-7-11-20)22-16-31-25(26-22)15-24-28-27-23-12-8-5-9-13-29(23)24/h4,6-7,10-11,14,16,18H,5,8-9,12-13,15H2,1-3H3/t18-/m0/s1. The monoisotopic (exact) mass is 431 g/mol. The summed E-state index contributed by atoms with van der Waals surface area (Å²) in [4.78, 5) is 5.00. The lowest BCUT2D eigenvalue weighted by Gasteiger charge is -2.19. The Morgan fingerprint density at radius 1 is 1.06 bits per heavy atom. The first kappa shape index (κ1) is 20.2. The Morgan fingerprint density at radius 2 is 1.90 bits per heavy atom. The van der Waals surface area contributed by atoms with E-state index in [1.165, 1.54) is 41.8 Å². The summed E-state index contributed by atoms with van der Waals surface area (Å²) in [6.07, 6.45) is 5.52. The molecule has 0 saturated carbocycles. The Balaban J connectivity index is 1.41. The first-order valence-corrected chi connectivity index (χ1v) is 12.1. The summed E-state index contributed by atoms with van der Waals surface area (Å²) >= 11 is 1.73. The molecule has 0 fully saturated rings. The summed E-state index contributed by atoms with van der Waals surface area (Å²) in [6.45, 7) is 7.70. The van der Waals surface area contributed by atoms with Gasteiger partial charge >= 0.3 is 0 Å². The van der Waals surface area contributed by atoms with Crippen LogP contribution in [0.25, 0.3) is 11.3 Å². The topological polar surface area (TPSA) is 48.5 Å². The van der Waals surface area contributed by atoms with E-state index in [2.05, 4.69) is 81.9 Å². The van der Waals surface area contributed by atoms with Gasteiger partial charge in [-0.2, -0.15) is 0 Å². The molecule has 6 heteroatoms. The zero-order chi connectivity index (χ0) is 21.4. The number of nitrogens with zero attached hydrogens (tertiary/aromatic N) is 5. The second-order valence-electron chi connectivity index (χ2n) is 8.54. The van der Waals surface area contributed by atoms with E-state index in [0.717, 1.165) is 41.7 Å². The number of benzene rings is 1. The van der Waals surface area contributed by atoms with Gasteiger partial charge in [-0.1, -0.05) is 36.8 Å². The van der Waals surface area contributed by atoms with Crippen molar-refractivity contribution in [3.8, 4) is 11.3 Å². The zero-order valence-electron chi connectivity index (χ0n) is 18.5. The van der Waals surface area contributed by atoms with E-state index in [-0.39, 0.29) is 0 Å². The average molecular weight is 432 g/mol. The molecule has 1 atom stereocenters. The Bertz CT molecular complexity index is 1180. The minimum absolute atomic E-state index is 0.291. The molecule has 31 heavy (non-hydrogen) atoms. The third kappa shape index (κ3) is 3.85. The van der Waals surface area contributed by atoms with Gasteiger partial charge in [-0.25, -0.2) is 4.98 Å². The van der Waals surface area contributed by atoms with Gasteiger partial charge in [-0.3, -0.25) is 0 Å². The molecule has 1 aliphatic rings. The smallest absolute Gasteiger partial charge is 0.139 e. The molecule has 0 unspecified atom stereocenters. The highest BCUT2D eigenvalue weighted by Gasteiger charge is 2.20. The number of hydrogen-bond donors (Lipinski definition) is 0. The lowest BCUT2D eigenvalue weighted by Crippen LogP contribution is -2.10. The summed E-state index contributed by atoms with van der Waals surface area (Å²) in [5.41, 5.74) is 6.14. The predicted octanol–water partition coefficient (Wildman–Crippen LogP) is 5.75. The molecular weight excluding hydrogens is 402 g/mol. The van der Waals surface area contributed by atoms with Crippen LogP contribution in [0.3, 0.4) is 0 Å². The predicted molar refractivity (Wildman–Crippen MR) is 126 cm³/mol. The van der Waals surface area contributed by atoms with Crippen LogP contribution < -0.4 is 0 Å². The van der Waals surface area contributed by atoms with Crippen LogP contribution in [0.15, 0.2) is 41.8 Å².